The van der Waals surface area contributed by atoms with Gasteiger partial charge in [-0.05, 0) is 12.1 Å². The summed E-state index contributed by atoms with van der Waals surface area (Å²) in [6.45, 7) is 0. The molecule has 0 radical (unpaired) electrons. The van der Waals surface area contributed by atoms with Crippen molar-refractivity contribution in [3.05, 3.63) is 34.4 Å². The topological polar surface area (TPSA) is 144 Å². The number of nitro benzene ring substituents is 1. The maximum Gasteiger partial charge on any atom is 0.323 e. The molecular weight excluding hydrogens is 276 g/mol. The SMILES string of the molecule is NC(C(=O)O)C(O)CS(=O)c1ccc([N+](=O)[O-])cc1. The number of hydrogen-bond acceptors (Lipinski definition) is 6. The first-order valence-electron chi connectivity index (χ1n) is 5.12. The number of nitrogens with zero attached hydrogens (tertiary/aromatic N) is 1. The highest BCUT2D eigenvalue weighted by Gasteiger charge is 2.24. The molecule has 1 rings (SSSR count). The lowest BCUT2D eigenvalue weighted by Gasteiger charge is -2.14. The number of nitrogens with two attached hydrogens (primary N) is 1. The van der Waals surface area contributed by atoms with Gasteiger partial charge in [-0.2, -0.15) is 0 Å². The molecule has 1 aromatic carbocycles. The Morgan fingerprint density at radius 1 is 1.42 bits per heavy atom. The van der Waals surface area contributed by atoms with E-state index in [1.165, 1.54) is 24.3 Å². The predicted octanol–water partition coefficient (Wildman–Crippen LogP) is -0.525. The van der Waals surface area contributed by atoms with E-state index in [9.17, 15) is 24.2 Å². The summed E-state index contributed by atoms with van der Waals surface area (Å²) < 4.78 is 11.8. The zero-order chi connectivity index (χ0) is 14.6. The highest BCUT2D eigenvalue weighted by Crippen LogP contribution is 2.15. The highest BCUT2D eigenvalue weighted by molar-refractivity contribution is 7.85. The molecule has 0 saturated heterocycles. The second kappa shape index (κ2) is 6.36. The molecule has 0 aromatic heterocycles. The van der Waals surface area contributed by atoms with E-state index < -0.39 is 33.8 Å². The number of aliphatic hydroxyl groups excluding tert-OH is 1. The van der Waals surface area contributed by atoms with Gasteiger partial charge in [0.05, 0.1) is 27.6 Å². The van der Waals surface area contributed by atoms with Gasteiger partial charge in [-0.3, -0.25) is 19.1 Å². The number of carboxylic acid groups (broad SMARTS) is 1. The van der Waals surface area contributed by atoms with E-state index in [2.05, 4.69) is 0 Å². The van der Waals surface area contributed by atoms with Crippen LogP contribution >= 0.6 is 0 Å². The fraction of sp³-hybridized carbons (Fsp3) is 0.300. The zero-order valence-electron chi connectivity index (χ0n) is 9.63. The molecule has 0 aliphatic carbocycles. The summed E-state index contributed by atoms with van der Waals surface area (Å²) in [5, 5.41) is 28.5. The van der Waals surface area contributed by atoms with Crippen LogP contribution in [0.15, 0.2) is 29.2 Å². The van der Waals surface area contributed by atoms with Crippen molar-refractivity contribution in [2.45, 2.75) is 17.0 Å². The number of aliphatic carboxylic acids is 1. The van der Waals surface area contributed by atoms with E-state index >= 15 is 0 Å². The van der Waals surface area contributed by atoms with Crippen LogP contribution in [0.4, 0.5) is 5.69 Å². The molecule has 9 heteroatoms. The summed E-state index contributed by atoms with van der Waals surface area (Å²) in [6, 6.07) is 3.40. The molecule has 3 unspecified atom stereocenters. The smallest absolute Gasteiger partial charge is 0.323 e. The van der Waals surface area contributed by atoms with Gasteiger partial charge in [0, 0.05) is 17.0 Å². The first-order valence-corrected chi connectivity index (χ1v) is 6.44. The van der Waals surface area contributed by atoms with Crippen molar-refractivity contribution in [1.29, 1.82) is 0 Å². The lowest BCUT2D eigenvalue weighted by molar-refractivity contribution is -0.384. The van der Waals surface area contributed by atoms with Crippen molar-refractivity contribution >= 4 is 22.5 Å². The third-order valence-corrected chi connectivity index (χ3v) is 3.77. The molecule has 0 fully saturated rings. The Hall–Kier alpha value is -1.84. The van der Waals surface area contributed by atoms with Crippen LogP contribution in [0, 0.1) is 10.1 Å². The van der Waals surface area contributed by atoms with E-state index in [-0.39, 0.29) is 16.3 Å². The van der Waals surface area contributed by atoms with Gasteiger partial charge in [0.2, 0.25) is 0 Å². The lowest BCUT2D eigenvalue weighted by Crippen LogP contribution is -2.44. The van der Waals surface area contributed by atoms with Gasteiger partial charge in [0.15, 0.2) is 0 Å². The summed E-state index contributed by atoms with van der Waals surface area (Å²) >= 11 is 0. The molecule has 0 bridgehead atoms. The van der Waals surface area contributed by atoms with Gasteiger partial charge in [-0.1, -0.05) is 0 Å². The molecule has 0 aliphatic heterocycles. The molecule has 1 aromatic rings. The van der Waals surface area contributed by atoms with Crippen molar-refractivity contribution in [2.75, 3.05) is 5.75 Å². The molecule has 0 saturated carbocycles. The average Bonchev–Trinajstić information content (AvgIpc) is 2.37. The van der Waals surface area contributed by atoms with Crippen LogP contribution in [-0.4, -0.2) is 43.2 Å². The van der Waals surface area contributed by atoms with Crippen LogP contribution in [0.3, 0.4) is 0 Å². The fourth-order valence-corrected chi connectivity index (χ4v) is 2.39. The third-order valence-electron chi connectivity index (χ3n) is 2.33. The Bertz CT molecular complexity index is 503. The lowest BCUT2D eigenvalue weighted by atomic mass is 10.2. The molecule has 8 nitrogen and oxygen atoms in total. The number of nitro groups is 1. The minimum Gasteiger partial charge on any atom is -0.480 e. The molecule has 104 valence electrons. The molecular formula is C10H12N2O6S. The summed E-state index contributed by atoms with van der Waals surface area (Å²) in [7, 11) is -1.69. The Kier molecular flexibility index (Phi) is 5.10. The van der Waals surface area contributed by atoms with Crippen molar-refractivity contribution in [2.24, 2.45) is 5.73 Å². The zero-order valence-corrected chi connectivity index (χ0v) is 10.4. The standard InChI is InChI=1S/C10H12N2O6S/c11-9(10(14)15)8(13)5-19(18)7-3-1-6(2-4-7)12(16)17/h1-4,8-9,13H,5,11H2,(H,14,15). The molecule has 0 heterocycles. The monoisotopic (exact) mass is 288 g/mol. The van der Waals surface area contributed by atoms with Crippen LogP contribution in [-0.2, 0) is 15.6 Å². The number of carbonyl (C=O) groups is 1. The Morgan fingerprint density at radius 2 is 1.95 bits per heavy atom. The average molecular weight is 288 g/mol. The highest BCUT2D eigenvalue weighted by atomic mass is 32.2. The summed E-state index contributed by atoms with van der Waals surface area (Å²) in [4.78, 5) is 20.6. The largest absolute Gasteiger partial charge is 0.480 e. The van der Waals surface area contributed by atoms with Crippen LogP contribution in [0.1, 0.15) is 0 Å². The quantitative estimate of drug-likeness (QED) is 0.471. The van der Waals surface area contributed by atoms with E-state index in [1.54, 1.807) is 0 Å². The van der Waals surface area contributed by atoms with Gasteiger partial charge >= 0.3 is 5.97 Å². The Balaban J connectivity index is 2.73. The normalized spacial score (nSPS) is 15.5. The van der Waals surface area contributed by atoms with E-state index in [0.717, 1.165) is 0 Å². The maximum absolute atomic E-state index is 11.8. The molecule has 4 N–H and O–H groups in total. The number of aliphatic hydroxyl groups is 1. The van der Waals surface area contributed by atoms with Crippen LogP contribution in [0.25, 0.3) is 0 Å². The van der Waals surface area contributed by atoms with Gasteiger partial charge in [0.1, 0.15) is 6.04 Å². The van der Waals surface area contributed by atoms with Crippen LogP contribution in [0.2, 0.25) is 0 Å². The summed E-state index contributed by atoms with van der Waals surface area (Å²) in [5.41, 5.74) is 5.03. The van der Waals surface area contributed by atoms with Gasteiger partial charge in [-0.15, -0.1) is 0 Å². The number of benzene rings is 1. The number of rotatable bonds is 6. The maximum atomic E-state index is 11.8. The second-order valence-electron chi connectivity index (χ2n) is 3.69. The van der Waals surface area contributed by atoms with E-state index in [1.807, 2.05) is 0 Å². The van der Waals surface area contributed by atoms with Gasteiger partial charge in [0.25, 0.3) is 5.69 Å². The first kappa shape index (κ1) is 15.2. The minimum absolute atomic E-state index is 0.150. The van der Waals surface area contributed by atoms with E-state index in [4.69, 9.17) is 10.8 Å². The summed E-state index contributed by atoms with van der Waals surface area (Å²) in [6.07, 6.45) is -1.46. The fourth-order valence-electron chi connectivity index (χ4n) is 1.24. The van der Waals surface area contributed by atoms with E-state index in [0.29, 0.717) is 0 Å². The van der Waals surface area contributed by atoms with Crippen LogP contribution in [0.5, 0.6) is 0 Å². The Morgan fingerprint density at radius 3 is 2.37 bits per heavy atom. The molecule has 19 heavy (non-hydrogen) atoms. The van der Waals surface area contributed by atoms with Crippen LogP contribution < -0.4 is 5.73 Å². The number of non-ortho nitro benzene ring substituents is 1. The van der Waals surface area contributed by atoms with Crippen molar-refractivity contribution in [1.82, 2.24) is 0 Å². The summed E-state index contributed by atoms with van der Waals surface area (Å²) in [5.74, 6) is -1.75. The molecule has 0 aliphatic rings. The van der Waals surface area contributed by atoms with Gasteiger partial charge < -0.3 is 15.9 Å². The number of carboxylic acids is 1. The van der Waals surface area contributed by atoms with Crippen molar-refractivity contribution in [3.63, 3.8) is 0 Å². The Labute approximate surface area is 110 Å². The van der Waals surface area contributed by atoms with Crippen molar-refractivity contribution in [3.8, 4) is 0 Å². The molecule has 0 spiro atoms. The first-order chi connectivity index (χ1) is 8.82. The van der Waals surface area contributed by atoms with Crippen molar-refractivity contribution < 1.29 is 24.1 Å². The number of hydrogen-bond donors (Lipinski definition) is 3. The van der Waals surface area contributed by atoms with Gasteiger partial charge in [-0.25, -0.2) is 0 Å². The molecule has 0 amide bonds. The second-order valence-corrected chi connectivity index (χ2v) is 5.19. The predicted molar refractivity (Wildman–Crippen MR) is 66.0 cm³/mol. The molecule has 3 atom stereocenters. The minimum atomic E-state index is -1.69. The third kappa shape index (κ3) is 4.09.